The molecule has 2 aromatic carbocycles. The number of methoxy groups -OCH3 is 2. The van der Waals surface area contributed by atoms with E-state index >= 15 is 0 Å². The molecule has 0 radical (unpaired) electrons. The second-order valence-corrected chi connectivity index (χ2v) is 8.73. The Morgan fingerprint density at radius 2 is 1.76 bits per heavy atom. The van der Waals surface area contributed by atoms with Crippen LogP contribution in [0, 0.1) is 20.8 Å². The molecule has 196 valence electrons. The van der Waals surface area contributed by atoms with Gasteiger partial charge in [0.15, 0.2) is 0 Å². The largest absolute Gasteiger partial charge is 0.495 e. The maximum atomic E-state index is 13.0. The van der Waals surface area contributed by atoms with E-state index < -0.39 is 30.4 Å². The number of imide groups is 1. The van der Waals surface area contributed by atoms with E-state index in [1.807, 2.05) is 37.5 Å². The first-order valence-electron chi connectivity index (χ1n) is 11.8. The minimum atomic E-state index is -0.688. The van der Waals surface area contributed by atoms with Crippen LogP contribution in [0.15, 0.2) is 54.2 Å². The number of carbonyl (C=O) groups excluding carboxylic acids is 4. The van der Waals surface area contributed by atoms with Gasteiger partial charge in [-0.05, 0) is 68.3 Å². The van der Waals surface area contributed by atoms with Gasteiger partial charge in [0.1, 0.15) is 18.0 Å². The number of anilines is 1. The Hall–Kier alpha value is -4.86. The van der Waals surface area contributed by atoms with Crippen LogP contribution in [0.3, 0.4) is 0 Å². The molecule has 10 heteroatoms. The number of urea groups is 1. The summed E-state index contributed by atoms with van der Waals surface area (Å²) in [5.74, 6) is -1.12. The molecule has 0 spiro atoms. The van der Waals surface area contributed by atoms with Crippen LogP contribution in [0.4, 0.5) is 10.5 Å². The van der Waals surface area contributed by atoms with E-state index in [0.717, 1.165) is 27.5 Å². The third-order valence-electron chi connectivity index (χ3n) is 6.37. The Balaban J connectivity index is 1.57. The van der Waals surface area contributed by atoms with Crippen LogP contribution in [0.2, 0.25) is 0 Å². The number of amides is 4. The van der Waals surface area contributed by atoms with E-state index in [2.05, 4.69) is 10.6 Å². The second-order valence-electron chi connectivity index (χ2n) is 8.73. The SMILES string of the molecule is COC(=O)c1cccc(-n2c(C)cc(/C=C3/NC(=O)N(CC(=O)Nc4ccccc4OC)C3=O)c2C)c1C. The standard InChI is InChI=1S/C28H28N4O6/c1-16-13-19(18(3)32(16)23-11-8-9-20(17(23)2)27(35)38-5)14-22-26(34)31(28(36)30-22)15-25(33)29-21-10-6-7-12-24(21)37-4/h6-14H,15H2,1-5H3,(H,29,33)(H,30,36)/b22-14+. The summed E-state index contributed by atoms with van der Waals surface area (Å²) >= 11 is 0. The zero-order valence-corrected chi connectivity index (χ0v) is 21.7. The highest BCUT2D eigenvalue weighted by Gasteiger charge is 2.35. The third kappa shape index (κ3) is 4.88. The number of rotatable bonds is 7. The van der Waals surface area contributed by atoms with Crippen molar-refractivity contribution in [2.45, 2.75) is 20.8 Å². The van der Waals surface area contributed by atoms with Crippen molar-refractivity contribution >= 4 is 35.6 Å². The summed E-state index contributed by atoms with van der Waals surface area (Å²) in [7, 11) is 2.82. The highest BCUT2D eigenvalue weighted by atomic mass is 16.5. The van der Waals surface area contributed by atoms with Gasteiger partial charge in [-0.1, -0.05) is 18.2 Å². The quantitative estimate of drug-likeness (QED) is 0.281. The normalized spacial score (nSPS) is 14.0. The molecule has 0 aliphatic carbocycles. The number of para-hydroxylation sites is 2. The lowest BCUT2D eigenvalue weighted by Gasteiger charge is -2.15. The molecule has 1 saturated heterocycles. The van der Waals surface area contributed by atoms with Gasteiger partial charge in [-0.2, -0.15) is 0 Å². The average Bonchev–Trinajstić information content (AvgIpc) is 3.32. The molecular formula is C28H28N4O6. The number of ether oxygens (including phenoxy) is 2. The van der Waals surface area contributed by atoms with Crippen molar-refractivity contribution in [2.24, 2.45) is 0 Å². The highest BCUT2D eigenvalue weighted by molar-refractivity contribution is 6.16. The summed E-state index contributed by atoms with van der Waals surface area (Å²) in [6, 6.07) is 13.4. The van der Waals surface area contributed by atoms with Crippen molar-refractivity contribution in [3.8, 4) is 11.4 Å². The molecule has 2 N–H and O–H groups in total. The van der Waals surface area contributed by atoms with Crippen molar-refractivity contribution in [2.75, 3.05) is 26.1 Å². The molecule has 0 bridgehead atoms. The van der Waals surface area contributed by atoms with Crippen molar-refractivity contribution in [3.05, 3.63) is 82.3 Å². The van der Waals surface area contributed by atoms with Crippen LogP contribution in [0.5, 0.6) is 5.75 Å². The van der Waals surface area contributed by atoms with Gasteiger partial charge in [-0.25, -0.2) is 14.5 Å². The number of aryl methyl sites for hydroxylation is 1. The van der Waals surface area contributed by atoms with Gasteiger partial charge in [0.25, 0.3) is 5.91 Å². The number of hydrogen-bond donors (Lipinski definition) is 2. The Kier molecular flexibility index (Phi) is 7.33. The van der Waals surface area contributed by atoms with Crippen LogP contribution in [-0.4, -0.2) is 54.0 Å². The van der Waals surface area contributed by atoms with Gasteiger partial charge in [0.05, 0.1) is 25.5 Å². The summed E-state index contributed by atoms with van der Waals surface area (Å²) < 4.78 is 12.1. The Morgan fingerprint density at radius 3 is 2.47 bits per heavy atom. The minimum absolute atomic E-state index is 0.0559. The zero-order valence-electron chi connectivity index (χ0n) is 21.7. The number of hydrogen-bond acceptors (Lipinski definition) is 6. The van der Waals surface area contributed by atoms with Gasteiger partial charge < -0.3 is 24.7 Å². The van der Waals surface area contributed by atoms with E-state index in [0.29, 0.717) is 22.6 Å². The topological polar surface area (TPSA) is 119 Å². The molecule has 3 aromatic rings. The molecule has 38 heavy (non-hydrogen) atoms. The first kappa shape index (κ1) is 26.2. The lowest BCUT2D eigenvalue weighted by molar-refractivity contribution is -0.127. The number of carbonyl (C=O) groups is 4. The molecule has 1 fully saturated rings. The van der Waals surface area contributed by atoms with Crippen LogP contribution >= 0.6 is 0 Å². The van der Waals surface area contributed by atoms with Gasteiger partial charge in [0, 0.05) is 17.1 Å². The minimum Gasteiger partial charge on any atom is -0.495 e. The van der Waals surface area contributed by atoms with Gasteiger partial charge >= 0.3 is 12.0 Å². The molecule has 0 atom stereocenters. The van der Waals surface area contributed by atoms with Crippen molar-refractivity contribution < 1.29 is 28.7 Å². The van der Waals surface area contributed by atoms with Gasteiger partial charge in [-0.3, -0.25) is 9.59 Å². The van der Waals surface area contributed by atoms with E-state index in [1.54, 1.807) is 42.5 Å². The maximum absolute atomic E-state index is 13.0. The molecule has 0 saturated carbocycles. The van der Waals surface area contributed by atoms with Crippen molar-refractivity contribution in [1.82, 2.24) is 14.8 Å². The maximum Gasteiger partial charge on any atom is 0.338 e. The Labute approximate surface area is 219 Å². The van der Waals surface area contributed by atoms with Crippen LogP contribution in [-0.2, 0) is 14.3 Å². The summed E-state index contributed by atoms with van der Waals surface area (Å²) in [4.78, 5) is 51.2. The lowest BCUT2D eigenvalue weighted by atomic mass is 10.1. The molecule has 4 rings (SSSR count). The summed E-state index contributed by atoms with van der Waals surface area (Å²) in [6.45, 7) is 5.16. The highest BCUT2D eigenvalue weighted by Crippen LogP contribution is 2.28. The second kappa shape index (κ2) is 10.6. The number of nitrogens with zero attached hydrogens (tertiary/aromatic N) is 2. The number of nitrogens with one attached hydrogen (secondary N) is 2. The third-order valence-corrected chi connectivity index (χ3v) is 6.37. The Morgan fingerprint density at radius 1 is 1.03 bits per heavy atom. The predicted octanol–water partition coefficient (Wildman–Crippen LogP) is 3.73. The van der Waals surface area contributed by atoms with Crippen LogP contribution in [0.1, 0.15) is 32.9 Å². The number of esters is 1. The van der Waals surface area contributed by atoms with E-state index in [9.17, 15) is 19.2 Å². The average molecular weight is 517 g/mol. The van der Waals surface area contributed by atoms with Gasteiger partial charge in [-0.15, -0.1) is 0 Å². The lowest BCUT2D eigenvalue weighted by Crippen LogP contribution is -2.38. The van der Waals surface area contributed by atoms with E-state index in [1.165, 1.54) is 14.2 Å². The molecule has 1 aliphatic heterocycles. The first-order valence-corrected chi connectivity index (χ1v) is 11.8. The molecule has 4 amide bonds. The van der Waals surface area contributed by atoms with Crippen molar-refractivity contribution in [3.63, 3.8) is 0 Å². The summed E-state index contributed by atoms with van der Waals surface area (Å²) in [6.07, 6.45) is 1.58. The summed E-state index contributed by atoms with van der Waals surface area (Å²) in [5, 5.41) is 5.22. The van der Waals surface area contributed by atoms with E-state index in [4.69, 9.17) is 9.47 Å². The molecule has 0 unspecified atom stereocenters. The van der Waals surface area contributed by atoms with E-state index in [-0.39, 0.29) is 5.70 Å². The molecular weight excluding hydrogens is 488 g/mol. The molecule has 1 aliphatic rings. The fourth-order valence-electron chi connectivity index (χ4n) is 4.45. The number of aromatic nitrogens is 1. The summed E-state index contributed by atoms with van der Waals surface area (Å²) in [5.41, 5.74) is 4.86. The van der Waals surface area contributed by atoms with Crippen LogP contribution < -0.4 is 15.4 Å². The fraction of sp³-hybridized carbons (Fsp3) is 0.214. The monoisotopic (exact) mass is 516 g/mol. The smallest absolute Gasteiger partial charge is 0.338 e. The fourth-order valence-corrected chi connectivity index (χ4v) is 4.45. The predicted molar refractivity (Wildman–Crippen MR) is 141 cm³/mol. The van der Waals surface area contributed by atoms with Crippen molar-refractivity contribution in [1.29, 1.82) is 0 Å². The van der Waals surface area contributed by atoms with Crippen LogP contribution in [0.25, 0.3) is 11.8 Å². The zero-order chi connectivity index (χ0) is 27.6. The number of benzene rings is 2. The Bertz CT molecular complexity index is 1490. The first-order chi connectivity index (χ1) is 18.2. The molecule has 10 nitrogen and oxygen atoms in total. The molecule has 1 aromatic heterocycles. The molecule has 2 heterocycles. The van der Waals surface area contributed by atoms with Gasteiger partial charge in [0.2, 0.25) is 5.91 Å².